The van der Waals surface area contributed by atoms with Crippen LogP contribution in [0, 0.1) is 5.92 Å². The molecule has 1 atom stereocenters. The van der Waals surface area contributed by atoms with E-state index in [1.54, 1.807) is 0 Å². The molecule has 2 aliphatic rings. The molecule has 1 heterocycles. The minimum Gasteiger partial charge on any atom is -0.480 e. The predicted molar refractivity (Wildman–Crippen MR) is 71.5 cm³/mol. The zero-order chi connectivity index (χ0) is 14.1. The van der Waals surface area contributed by atoms with Crippen LogP contribution >= 0.6 is 0 Å². The molecule has 0 bridgehead atoms. The first-order valence-electron chi connectivity index (χ1n) is 6.88. The number of amides is 1. The fourth-order valence-electron chi connectivity index (χ4n) is 2.53. The lowest BCUT2D eigenvalue weighted by Gasteiger charge is -2.23. The van der Waals surface area contributed by atoms with Gasteiger partial charge < -0.3 is 14.7 Å². The van der Waals surface area contributed by atoms with Crippen LogP contribution in [0.15, 0.2) is 24.3 Å². The molecule has 3 rings (SSSR count). The summed E-state index contributed by atoms with van der Waals surface area (Å²) in [6.45, 7) is 0.285. The van der Waals surface area contributed by atoms with E-state index in [0.29, 0.717) is 18.9 Å². The highest BCUT2D eigenvalue weighted by Crippen LogP contribution is 2.32. The molecule has 0 radical (unpaired) electrons. The summed E-state index contributed by atoms with van der Waals surface area (Å²) in [6, 6.07) is 7.55. The van der Waals surface area contributed by atoms with E-state index in [9.17, 15) is 9.59 Å². The van der Waals surface area contributed by atoms with Crippen LogP contribution in [0.2, 0.25) is 0 Å². The Kier molecular flexibility index (Phi) is 3.34. The highest BCUT2D eigenvalue weighted by molar-refractivity contribution is 5.86. The molecule has 20 heavy (non-hydrogen) atoms. The average Bonchev–Trinajstić information content (AvgIpc) is 3.12. The van der Waals surface area contributed by atoms with Crippen LogP contribution < -0.4 is 4.74 Å². The zero-order valence-corrected chi connectivity index (χ0v) is 11.1. The van der Waals surface area contributed by atoms with Gasteiger partial charge in [-0.1, -0.05) is 18.2 Å². The monoisotopic (exact) mass is 275 g/mol. The molecule has 0 spiro atoms. The Hall–Kier alpha value is -2.04. The number of carbonyl (C=O) groups is 2. The Morgan fingerprint density at radius 1 is 1.30 bits per heavy atom. The normalized spacial score (nSPS) is 20.1. The van der Waals surface area contributed by atoms with Gasteiger partial charge in [0, 0.05) is 13.0 Å². The summed E-state index contributed by atoms with van der Waals surface area (Å²) in [5.41, 5.74) is 1.01. The second-order valence-electron chi connectivity index (χ2n) is 5.47. The largest absolute Gasteiger partial charge is 0.480 e. The van der Waals surface area contributed by atoms with Crippen LogP contribution in [0.5, 0.6) is 5.75 Å². The molecule has 1 aliphatic heterocycles. The van der Waals surface area contributed by atoms with E-state index in [1.165, 1.54) is 4.90 Å². The quantitative estimate of drug-likeness (QED) is 0.880. The van der Waals surface area contributed by atoms with Gasteiger partial charge in [0.1, 0.15) is 12.3 Å². The maximum atomic E-state index is 12.5. The molecule has 0 unspecified atom stereocenters. The van der Waals surface area contributed by atoms with Crippen molar-refractivity contribution >= 4 is 11.9 Å². The lowest BCUT2D eigenvalue weighted by molar-refractivity contribution is -0.147. The molecule has 0 saturated heterocycles. The summed E-state index contributed by atoms with van der Waals surface area (Å²) >= 11 is 0. The van der Waals surface area contributed by atoms with Gasteiger partial charge in [0.2, 0.25) is 0 Å². The lowest BCUT2D eigenvalue weighted by atomic mass is 10.1. The van der Waals surface area contributed by atoms with Gasteiger partial charge in [-0.05, 0) is 30.4 Å². The van der Waals surface area contributed by atoms with Gasteiger partial charge in [-0.25, -0.2) is 0 Å². The van der Waals surface area contributed by atoms with Crippen molar-refractivity contribution in [3.05, 3.63) is 29.8 Å². The third-order valence-electron chi connectivity index (χ3n) is 3.74. The number of carboxylic acid groups (broad SMARTS) is 1. The highest BCUT2D eigenvalue weighted by atomic mass is 16.5. The predicted octanol–water partition coefficient (Wildman–Crippen LogP) is 1.31. The minimum atomic E-state index is -0.977. The second kappa shape index (κ2) is 5.15. The molecule has 1 amide bonds. The molecule has 1 aliphatic carbocycles. The molecule has 1 fully saturated rings. The van der Waals surface area contributed by atoms with E-state index >= 15 is 0 Å². The zero-order valence-electron chi connectivity index (χ0n) is 11.1. The lowest BCUT2D eigenvalue weighted by Crippen LogP contribution is -2.44. The Labute approximate surface area is 117 Å². The third-order valence-corrected chi connectivity index (χ3v) is 3.74. The number of hydrogen-bond donors (Lipinski definition) is 1. The third kappa shape index (κ3) is 2.76. The summed E-state index contributed by atoms with van der Waals surface area (Å²) in [7, 11) is 0. The van der Waals surface area contributed by atoms with Crippen molar-refractivity contribution in [3.63, 3.8) is 0 Å². The summed E-state index contributed by atoms with van der Waals surface area (Å²) in [4.78, 5) is 24.8. The van der Waals surface area contributed by atoms with Crippen molar-refractivity contribution in [2.45, 2.75) is 25.4 Å². The Bertz CT molecular complexity index is 513. The van der Waals surface area contributed by atoms with Gasteiger partial charge in [0.05, 0.1) is 0 Å². The van der Waals surface area contributed by atoms with Crippen molar-refractivity contribution in [2.24, 2.45) is 5.92 Å². The summed E-state index contributed by atoms with van der Waals surface area (Å²) in [6.07, 6.45) is 2.10. The standard InChI is InChI=1S/C15H17NO4/c17-14(18)9-16(8-10-5-6-10)15(19)13-7-11-3-1-2-4-12(11)20-13/h1-4,10,13H,5-9H2,(H,17,18)/t13-/m0/s1. The maximum absolute atomic E-state index is 12.5. The van der Waals surface area contributed by atoms with Gasteiger partial charge in [0.25, 0.3) is 5.91 Å². The number of rotatable bonds is 5. The summed E-state index contributed by atoms with van der Waals surface area (Å²) < 4.78 is 5.65. The average molecular weight is 275 g/mol. The molecule has 106 valence electrons. The number of ether oxygens (including phenoxy) is 1. The van der Waals surface area contributed by atoms with Crippen molar-refractivity contribution in [1.29, 1.82) is 0 Å². The smallest absolute Gasteiger partial charge is 0.323 e. The second-order valence-corrected chi connectivity index (χ2v) is 5.47. The Morgan fingerprint density at radius 2 is 2.05 bits per heavy atom. The fraction of sp³-hybridized carbons (Fsp3) is 0.467. The number of para-hydroxylation sites is 1. The number of hydrogen-bond acceptors (Lipinski definition) is 3. The van der Waals surface area contributed by atoms with E-state index in [4.69, 9.17) is 9.84 Å². The van der Waals surface area contributed by atoms with Crippen molar-refractivity contribution in [1.82, 2.24) is 4.90 Å². The van der Waals surface area contributed by atoms with Gasteiger partial charge in [-0.15, -0.1) is 0 Å². The Morgan fingerprint density at radius 3 is 2.70 bits per heavy atom. The van der Waals surface area contributed by atoms with Gasteiger partial charge in [-0.2, -0.15) is 0 Å². The molecule has 1 saturated carbocycles. The molecule has 5 heteroatoms. The molecule has 5 nitrogen and oxygen atoms in total. The van der Waals surface area contributed by atoms with Crippen molar-refractivity contribution in [2.75, 3.05) is 13.1 Å². The molecule has 1 aromatic rings. The van der Waals surface area contributed by atoms with Crippen LogP contribution in [0.3, 0.4) is 0 Å². The van der Waals surface area contributed by atoms with Gasteiger partial charge >= 0.3 is 5.97 Å². The fourth-order valence-corrected chi connectivity index (χ4v) is 2.53. The molecule has 1 N–H and O–H groups in total. The van der Waals surface area contributed by atoms with Crippen LogP contribution in [-0.4, -0.2) is 41.1 Å². The van der Waals surface area contributed by atoms with Crippen LogP contribution in [0.1, 0.15) is 18.4 Å². The SMILES string of the molecule is O=C(O)CN(CC1CC1)C(=O)[C@@H]1Cc2ccccc2O1. The van der Waals surface area contributed by atoms with Gasteiger partial charge in [0.15, 0.2) is 6.10 Å². The van der Waals surface area contributed by atoms with Crippen LogP contribution in [0.4, 0.5) is 0 Å². The van der Waals surface area contributed by atoms with E-state index < -0.39 is 12.1 Å². The van der Waals surface area contributed by atoms with Crippen LogP contribution in [0.25, 0.3) is 0 Å². The minimum absolute atomic E-state index is 0.212. The van der Waals surface area contributed by atoms with Gasteiger partial charge in [-0.3, -0.25) is 9.59 Å². The number of carboxylic acids is 1. The topological polar surface area (TPSA) is 66.8 Å². The number of aliphatic carboxylic acids is 1. The first-order chi connectivity index (χ1) is 9.63. The van der Waals surface area contributed by atoms with Crippen LogP contribution in [-0.2, 0) is 16.0 Å². The number of fused-ring (bicyclic) bond motifs is 1. The van der Waals surface area contributed by atoms with E-state index in [2.05, 4.69) is 0 Å². The first kappa shape index (κ1) is 13.0. The highest BCUT2D eigenvalue weighted by Gasteiger charge is 2.35. The Balaban J connectivity index is 1.69. The molecular formula is C15H17NO4. The number of nitrogens with zero attached hydrogens (tertiary/aromatic N) is 1. The van der Waals surface area contributed by atoms with Crippen molar-refractivity contribution in [3.8, 4) is 5.75 Å². The van der Waals surface area contributed by atoms with Crippen molar-refractivity contribution < 1.29 is 19.4 Å². The maximum Gasteiger partial charge on any atom is 0.323 e. The van der Waals surface area contributed by atoms with E-state index in [-0.39, 0.29) is 12.5 Å². The number of carbonyl (C=O) groups excluding carboxylic acids is 1. The van der Waals surface area contributed by atoms with E-state index in [0.717, 1.165) is 24.2 Å². The molecular weight excluding hydrogens is 258 g/mol. The first-order valence-corrected chi connectivity index (χ1v) is 6.88. The number of benzene rings is 1. The summed E-state index contributed by atoms with van der Waals surface area (Å²) in [5, 5.41) is 8.95. The molecule has 0 aromatic heterocycles. The summed E-state index contributed by atoms with van der Waals surface area (Å²) in [5.74, 6) is -0.000337. The molecule has 1 aromatic carbocycles. The van der Waals surface area contributed by atoms with E-state index in [1.807, 2.05) is 24.3 Å².